The summed E-state index contributed by atoms with van der Waals surface area (Å²) in [6.45, 7) is 7.11. The zero-order chi connectivity index (χ0) is 24.1. The highest BCUT2D eigenvalue weighted by Gasteiger charge is 2.36. The molecule has 1 atom stereocenters. The minimum Gasteiger partial charge on any atom is -0.390 e. The highest BCUT2D eigenvalue weighted by Crippen LogP contribution is 2.38. The normalized spacial score (nSPS) is 15.7. The maximum atomic E-state index is 13.7. The molecule has 0 spiro atoms. The quantitative estimate of drug-likeness (QED) is 0.257. The van der Waals surface area contributed by atoms with Gasteiger partial charge >= 0.3 is 6.18 Å². The number of para-hydroxylation sites is 1. The molecule has 3 aromatic rings. The number of hydrogen-bond acceptors (Lipinski definition) is 5. The van der Waals surface area contributed by atoms with Crippen LogP contribution in [0, 0.1) is 0 Å². The van der Waals surface area contributed by atoms with Gasteiger partial charge in [0.15, 0.2) is 0 Å². The van der Waals surface area contributed by atoms with Crippen molar-refractivity contribution in [1.82, 2.24) is 10.6 Å². The van der Waals surface area contributed by atoms with Crippen LogP contribution in [0.4, 0.5) is 18.9 Å². The molecule has 0 saturated heterocycles. The molecule has 1 unspecified atom stereocenters. The van der Waals surface area contributed by atoms with E-state index in [0.29, 0.717) is 17.2 Å². The largest absolute Gasteiger partial charge is 0.416 e. The van der Waals surface area contributed by atoms with Crippen molar-refractivity contribution in [3.63, 3.8) is 0 Å². The maximum absolute atomic E-state index is 13.7. The predicted molar refractivity (Wildman–Crippen MR) is 134 cm³/mol. The molecule has 4 rings (SSSR count). The summed E-state index contributed by atoms with van der Waals surface area (Å²) >= 11 is 1.58. The van der Waals surface area contributed by atoms with E-state index < -0.39 is 17.9 Å². The number of allylic oxidation sites excluding steroid dienone is 1. The minimum atomic E-state index is -4.48. The number of hydrogen-bond donors (Lipinski definition) is 3. The van der Waals surface area contributed by atoms with Crippen LogP contribution in [-0.4, -0.2) is 12.4 Å². The van der Waals surface area contributed by atoms with E-state index in [4.69, 9.17) is 0 Å². The second-order valence-corrected chi connectivity index (χ2v) is 8.70. The molecule has 1 aliphatic heterocycles. The second-order valence-electron chi connectivity index (χ2n) is 7.75. The van der Waals surface area contributed by atoms with Crippen LogP contribution in [0.1, 0.15) is 41.1 Å². The Morgan fingerprint density at radius 2 is 1.88 bits per heavy atom. The number of amidine groups is 1. The van der Waals surface area contributed by atoms with Crippen molar-refractivity contribution in [3.05, 3.63) is 106 Å². The smallest absolute Gasteiger partial charge is 0.390 e. The molecule has 0 radical (unpaired) electrons. The molecular formula is C26H25F3N4S. The van der Waals surface area contributed by atoms with Crippen LogP contribution in [0.2, 0.25) is 0 Å². The lowest BCUT2D eigenvalue weighted by Crippen LogP contribution is -2.31. The molecule has 0 fully saturated rings. The zero-order valence-corrected chi connectivity index (χ0v) is 19.4. The molecule has 0 amide bonds. The third kappa shape index (κ3) is 5.17. The van der Waals surface area contributed by atoms with Gasteiger partial charge in [0.05, 0.1) is 5.56 Å². The zero-order valence-electron chi connectivity index (χ0n) is 18.6. The highest BCUT2D eigenvalue weighted by atomic mass is 32.1. The number of nitrogens with one attached hydrogen (secondary N) is 3. The summed E-state index contributed by atoms with van der Waals surface area (Å²) in [4.78, 5) is 5.67. The highest BCUT2D eigenvalue weighted by molar-refractivity contribution is 7.11. The Kier molecular flexibility index (Phi) is 7.07. The van der Waals surface area contributed by atoms with Gasteiger partial charge in [-0.05, 0) is 36.1 Å². The van der Waals surface area contributed by atoms with Crippen molar-refractivity contribution >= 4 is 28.4 Å². The maximum Gasteiger partial charge on any atom is 0.416 e. The van der Waals surface area contributed by atoms with Gasteiger partial charge < -0.3 is 16.0 Å². The Labute approximate surface area is 200 Å². The molecule has 0 aliphatic carbocycles. The van der Waals surface area contributed by atoms with E-state index in [1.807, 2.05) is 48.0 Å². The summed E-state index contributed by atoms with van der Waals surface area (Å²) in [5, 5.41) is 11.7. The van der Waals surface area contributed by atoms with Gasteiger partial charge in [0.2, 0.25) is 0 Å². The minimum absolute atomic E-state index is 0.0630. The molecule has 2 aromatic carbocycles. The summed E-state index contributed by atoms with van der Waals surface area (Å²) in [5.41, 5.74) is 2.28. The fraction of sp³-hybridized carbons (Fsp3) is 0.192. The molecule has 1 aliphatic rings. The average molecular weight is 483 g/mol. The fourth-order valence-electron chi connectivity index (χ4n) is 3.70. The molecule has 2 heterocycles. The lowest BCUT2D eigenvalue weighted by Gasteiger charge is -2.28. The van der Waals surface area contributed by atoms with Crippen molar-refractivity contribution in [2.75, 3.05) is 11.9 Å². The van der Waals surface area contributed by atoms with E-state index in [9.17, 15) is 13.2 Å². The van der Waals surface area contributed by atoms with Crippen molar-refractivity contribution in [3.8, 4) is 0 Å². The Hall–Kier alpha value is -3.52. The number of halogens is 3. The van der Waals surface area contributed by atoms with E-state index in [-0.39, 0.29) is 5.56 Å². The first-order valence-electron chi connectivity index (χ1n) is 10.9. The number of nitrogens with zero attached hydrogens (tertiary/aromatic N) is 1. The number of fused-ring (bicyclic) bond motifs is 1. The molecule has 0 bridgehead atoms. The SMILES string of the molecule is C=C(NC1=NC(c2ccccc2C(F)(F)F)Nc2ccccc21)/C(=C\NCCC)c1cccs1. The van der Waals surface area contributed by atoms with Crippen molar-refractivity contribution < 1.29 is 13.2 Å². The van der Waals surface area contributed by atoms with Crippen molar-refractivity contribution in [2.24, 2.45) is 4.99 Å². The summed E-state index contributed by atoms with van der Waals surface area (Å²) in [7, 11) is 0. The second kappa shape index (κ2) is 10.2. The van der Waals surface area contributed by atoms with E-state index >= 15 is 0 Å². The lowest BCUT2D eigenvalue weighted by atomic mass is 10.0. The van der Waals surface area contributed by atoms with Gasteiger partial charge in [-0.2, -0.15) is 13.2 Å². The summed E-state index contributed by atoms with van der Waals surface area (Å²) in [6, 6.07) is 16.9. The van der Waals surface area contributed by atoms with Crippen LogP contribution in [0.25, 0.3) is 5.57 Å². The molecule has 3 N–H and O–H groups in total. The van der Waals surface area contributed by atoms with Crippen LogP contribution < -0.4 is 16.0 Å². The molecule has 4 nitrogen and oxygen atoms in total. The molecule has 0 saturated carbocycles. The molecule has 8 heteroatoms. The summed E-state index contributed by atoms with van der Waals surface area (Å²) in [6.07, 6.45) is -2.51. The fourth-order valence-corrected chi connectivity index (χ4v) is 4.47. The Bertz CT molecular complexity index is 1210. The number of alkyl halides is 3. The van der Waals surface area contributed by atoms with Gasteiger partial charge in [-0.15, -0.1) is 11.3 Å². The van der Waals surface area contributed by atoms with Gasteiger partial charge in [-0.3, -0.25) is 0 Å². The topological polar surface area (TPSA) is 48.5 Å². The van der Waals surface area contributed by atoms with Crippen LogP contribution >= 0.6 is 11.3 Å². The van der Waals surface area contributed by atoms with Gasteiger partial charge in [-0.1, -0.05) is 49.9 Å². The molecular weight excluding hydrogens is 457 g/mol. The van der Waals surface area contributed by atoms with Crippen LogP contribution in [0.5, 0.6) is 0 Å². The van der Waals surface area contributed by atoms with Crippen LogP contribution in [0.3, 0.4) is 0 Å². The first-order chi connectivity index (χ1) is 16.4. The average Bonchev–Trinajstić information content (AvgIpc) is 3.35. The van der Waals surface area contributed by atoms with Crippen molar-refractivity contribution in [2.45, 2.75) is 25.7 Å². The first-order valence-corrected chi connectivity index (χ1v) is 11.8. The standard InChI is InChI=1S/C26H25F3N4S/c1-3-14-30-16-20(23-13-8-15-34-23)17(2)31-25-19-10-5-7-12-22(19)32-24(33-25)18-9-4-6-11-21(18)26(27,28)29/h4-13,15-16,24,30,32H,2-3,14H2,1H3,(H,31,33)/b20-16+. The van der Waals surface area contributed by atoms with E-state index in [0.717, 1.165) is 35.0 Å². The van der Waals surface area contributed by atoms with E-state index in [2.05, 4.69) is 34.4 Å². The first kappa shape index (κ1) is 23.6. The molecule has 1 aromatic heterocycles. The summed E-state index contributed by atoms with van der Waals surface area (Å²) in [5.74, 6) is 0.458. The van der Waals surface area contributed by atoms with Crippen molar-refractivity contribution in [1.29, 1.82) is 0 Å². The molecule has 176 valence electrons. The monoisotopic (exact) mass is 482 g/mol. The van der Waals surface area contributed by atoms with E-state index in [1.165, 1.54) is 12.1 Å². The van der Waals surface area contributed by atoms with Gasteiger partial charge in [0, 0.05) is 45.7 Å². The van der Waals surface area contributed by atoms with E-state index in [1.54, 1.807) is 17.4 Å². The van der Waals surface area contributed by atoms with Crippen LogP contribution in [0.15, 0.2) is 89.5 Å². The number of thiophene rings is 1. The van der Waals surface area contributed by atoms with Gasteiger partial charge in [-0.25, -0.2) is 4.99 Å². The molecule has 34 heavy (non-hydrogen) atoms. The number of rotatable bonds is 7. The summed E-state index contributed by atoms with van der Waals surface area (Å²) < 4.78 is 41.1. The van der Waals surface area contributed by atoms with Crippen LogP contribution in [-0.2, 0) is 6.18 Å². The number of benzene rings is 2. The third-order valence-corrected chi connectivity index (χ3v) is 6.22. The van der Waals surface area contributed by atoms with Gasteiger partial charge in [0.1, 0.15) is 12.0 Å². The number of anilines is 1. The lowest BCUT2D eigenvalue weighted by molar-refractivity contribution is -0.138. The third-order valence-electron chi connectivity index (χ3n) is 5.32. The predicted octanol–water partition coefficient (Wildman–Crippen LogP) is 6.78. The Morgan fingerprint density at radius 1 is 1.12 bits per heavy atom. The number of aliphatic imine (C=N–C) groups is 1. The van der Waals surface area contributed by atoms with Gasteiger partial charge in [0.25, 0.3) is 0 Å². The Morgan fingerprint density at radius 3 is 2.62 bits per heavy atom. The Balaban J connectivity index is 1.71.